The molecule has 3 aliphatic heterocycles. The molecule has 7 nitrogen and oxygen atoms in total. The summed E-state index contributed by atoms with van der Waals surface area (Å²) in [5.41, 5.74) is 0.615. The Morgan fingerprint density at radius 1 is 1.05 bits per heavy atom. The average molecular weight is 562 g/mol. The van der Waals surface area contributed by atoms with Gasteiger partial charge in [0.1, 0.15) is 11.6 Å². The highest BCUT2D eigenvalue weighted by Gasteiger charge is 2.73. The lowest BCUT2D eigenvalue weighted by molar-refractivity contribution is -0.143. The van der Waals surface area contributed by atoms with Crippen molar-refractivity contribution in [1.29, 1.82) is 0 Å². The van der Waals surface area contributed by atoms with Gasteiger partial charge in [0, 0.05) is 22.8 Å². The molecule has 2 N–H and O–H groups in total. The molecule has 6 unspecified atom stereocenters. The van der Waals surface area contributed by atoms with Crippen molar-refractivity contribution in [2.24, 2.45) is 11.8 Å². The first-order valence-electron chi connectivity index (χ1n) is 14.5. The Kier molecular flexibility index (Phi) is 7.44. The monoisotopic (exact) mass is 561 g/mol. The lowest BCUT2D eigenvalue weighted by atomic mass is 9.74. The molecule has 1 spiro atoms. The largest absolute Gasteiger partial charge is 0.359 e. The molecule has 2 bridgehead atoms. The van der Waals surface area contributed by atoms with Crippen molar-refractivity contribution in [2.45, 2.75) is 81.7 Å². The predicted molar refractivity (Wildman–Crippen MR) is 154 cm³/mol. The number of ether oxygens (including phenoxy) is 1. The maximum Gasteiger partial charge on any atom is 0.246 e. The van der Waals surface area contributed by atoms with Crippen LogP contribution < -0.4 is 10.6 Å². The second-order valence-electron chi connectivity index (χ2n) is 11.7. The van der Waals surface area contributed by atoms with E-state index in [0.717, 1.165) is 32.1 Å². The second kappa shape index (κ2) is 11.0. The summed E-state index contributed by atoms with van der Waals surface area (Å²) in [4.78, 5) is 43.7. The minimum atomic E-state index is -1.16. The van der Waals surface area contributed by atoms with Crippen LogP contribution in [0.15, 0.2) is 66.7 Å². The van der Waals surface area contributed by atoms with Gasteiger partial charge in [0.2, 0.25) is 17.7 Å². The minimum absolute atomic E-state index is 0.0971. The van der Waals surface area contributed by atoms with Crippen molar-refractivity contribution < 1.29 is 19.1 Å². The number of benzene rings is 2. The zero-order valence-electron chi connectivity index (χ0n) is 22.7. The molecule has 2 saturated heterocycles. The fourth-order valence-electron chi connectivity index (χ4n) is 7.13. The van der Waals surface area contributed by atoms with Crippen molar-refractivity contribution in [1.82, 2.24) is 10.2 Å². The first-order chi connectivity index (χ1) is 19.4. The predicted octanol–water partition coefficient (Wildman–Crippen LogP) is 4.90. The van der Waals surface area contributed by atoms with Gasteiger partial charge >= 0.3 is 0 Å². The number of carbonyl (C=O) groups excluding carboxylic acids is 3. The van der Waals surface area contributed by atoms with Crippen LogP contribution >= 0.6 is 11.6 Å². The number of likely N-dealkylation sites (tertiary alicyclic amines) is 1. The fraction of sp³-hybridized carbons (Fsp3) is 0.469. The molecule has 40 heavy (non-hydrogen) atoms. The SMILES string of the molecule is CC(CCc1ccccc1)N1C(=O)C2C(C(=O)Nc3ccc(Cl)cc3)C3C=CC2(O3)C1C(=O)NC1CCCCC1. The van der Waals surface area contributed by atoms with Crippen molar-refractivity contribution in [2.75, 3.05) is 5.32 Å². The van der Waals surface area contributed by atoms with E-state index in [0.29, 0.717) is 17.1 Å². The second-order valence-corrected chi connectivity index (χ2v) is 12.1. The quantitative estimate of drug-likeness (QED) is 0.449. The van der Waals surface area contributed by atoms with Crippen LogP contribution in [-0.2, 0) is 25.5 Å². The van der Waals surface area contributed by atoms with Gasteiger partial charge in [-0.05, 0) is 62.4 Å². The number of hydrogen-bond donors (Lipinski definition) is 2. The van der Waals surface area contributed by atoms with E-state index >= 15 is 0 Å². The van der Waals surface area contributed by atoms with Gasteiger partial charge in [0.25, 0.3) is 0 Å². The minimum Gasteiger partial charge on any atom is -0.359 e. The molecule has 3 amide bonds. The number of nitrogens with one attached hydrogen (secondary N) is 2. The van der Waals surface area contributed by atoms with Crippen LogP contribution in [0.4, 0.5) is 5.69 Å². The lowest BCUT2D eigenvalue weighted by Gasteiger charge is -2.36. The summed E-state index contributed by atoms with van der Waals surface area (Å²) in [6.45, 7) is 2.00. The lowest BCUT2D eigenvalue weighted by Crippen LogP contribution is -2.58. The first-order valence-corrected chi connectivity index (χ1v) is 14.9. The van der Waals surface area contributed by atoms with Crippen LogP contribution in [0.1, 0.15) is 51.0 Å². The number of hydrogen-bond acceptors (Lipinski definition) is 4. The van der Waals surface area contributed by atoms with E-state index in [2.05, 4.69) is 22.8 Å². The van der Waals surface area contributed by atoms with Gasteiger partial charge in [-0.3, -0.25) is 14.4 Å². The summed E-state index contributed by atoms with van der Waals surface area (Å²) in [6, 6.07) is 16.1. The third-order valence-corrected chi connectivity index (χ3v) is 9.35. The van der Waals surface area contributed by atoms with Crippen molar-refractivity contribution >= 4 is 35.0 Å². The van der Waals surface area contributed by atoms with Gasteiger partial charge in [-0.1, -0.05) is 73.3 Å². The Bertz CT molecular complexity index is 1290. The van der Waals surface area contributed by atoms with Crippen LogP contribution in [-0.4, -0.2) is 52.5 Å². The molecule has 6 atom stereocenters. The molecule has 3 heterocycles. The maximum atomic E-state index is 14.3. The molecular weight excluding hydrogens is 526 g/mol. The van der Waals surface area contributed by atoms with Crippen LogP contribution in [0.25, 0.3) is 0 Å². The molecule has 0 radical (unpaired) electrons. The highest BCUT2D eigenvalue weighted by Crippen LogP contribution is 2.56. The summed E-state index contributed by atoms with van der Waals surface area (Å²) in [5.74, 6) is -2.16. The number of halogens is 1. The molecule has 210 valence electrons. The number of anilines is 1. The molecule has 3 fully saturated rings. The topological polar surface area (TPSA) is 87.7 Å². The van der Waals surface area contributed by atoms with E-state index < -0.39 is 29.6 Å². The van der Waals surface area contributed by atoms with Gasteiger partial charge in [-0.2, -0.15) is 0 Å². The number of carbonyl (C=O) groups is 3. The first kappa shape index (κ1) is 27.0. The molecule has 4 aliphatic rings. The molecule has 2 aromatic carbocycles. The Hall–Kier alpha value is -3.16. The molecule has 2 aromatic rings. The molecular formula is C32H36ClN3O4. The van der Waals surface area contributed by atoms with Gasteiger partial charge in [-0.15, -0.1) is 0 Å². The van der Waals surface area contributed by atoms with Crippen LogP contribution in [0.5, 0.6) is 0 Å². The standard InChI is InChI=1S/C32H36ClN3O4/c1-20(12-13-21-8-4-2-5-9-21)36-28(30(38)35-23-10-6-3-7-11-23)32-19-18-25(40-32)26(27(32)31(36)39)29(37)34-24-16-14-22(33)15-17-24/h2,4-5,8-9,14-20,23,25-28H,3,6-7,10-13H2,1H3,(H,34,37)(H,35,38). The Morgan fingerprint density at radius 2 is 1.77 bits per heavy atom. The molecule has 6 rings (SSSR count). The summed E-state index contributed by atoms with van der Waals surface area (Å²) < 4.78 is 6.49. The number of fused-ring (bicyclic) bond motifs is 1. The van der Waals surface area contributed by atoms with Crippen molar-refractivity contribution in [3.63, 3.8) is 0 Å². The van der Waals surface area contributed by atoms with E-state index in [1.165, 1.54) is 12.0 Å². The van der Waals surface area contributed by atoms with E-state index in [4.69, 9.17) is 16.3 Å². The van der Waals surface area contributed by atoms with Crippen LogP contribution in [0.3, 0.4) is 0 Å². The van der Waals surface area contributed by atoms with E-state index in [1.807, 2.05) is 37.3 Å². The van der Waals surface area contributed by atoms with E-state index in [1.54, 1.807) is 29.2 Å². The van der Waals surface area contributed by atoms with Crippen LogP contribution in [0.2, 0.25) is 5.02 Å². The number of rotatable bonds is 8. The van der Waals surface area contributed by atoms with Gasteiger partial charge in [-0.25, -0.2) is 0 Å². The molecule has 1 aliphatic carbocycles. The average Bonchev–Trinajstić information content (AvgIpc) is 3.61. The Balaban J connectivity index is 1.29. The number of amides is 3. The number of aryl methyl sites for hydroxylation is 1. The highest BCUT2D eigenvalue weighted by atomic mass is 35.5. The summed E-state index contributed by atoms with van der Waals surface area (Å²) in [6.07, 6.45) is 9.89. The van der Waals surface area contributed by atoms with Gasteiger partial charge in [0.15, 0.2) is 0 Å². The van der Waals surface area contributed by atoms with Crippen LogP contribution in [0, 0.1) is 11.8 Å². The zero-order chi connectivity index (χ0) is 27.9. The summed E-state index contributed by atoms with van der Waals surface area (Å²) in [5, 5.41) is 6.77. The van der Waals surface area contributed by atoms with E-state index in [-0.39, 0.29) is 29.8 Å². The van der Waals surface area contributed by atoms with Crippen molar-refractivity contribution in [3.05, 3.63) is 77.3 Å². The fourth-order valence-corrected chi connectivity index (χ4v) is 7.25. The summed E-state index contributed by atoms with van der Waals surface area (Å²) in [7, 11) is 0. The smallest absolute Gasteiger partial charge is 0.246 e. The number of nitrogens with zero attached hydrogens (tertiary/aromatic N) is 1. The Morgan fingerprint density at radius 3 is 2.50 bits per heavy atom. The Labute approximate surface area is 240 Å². The normalized spacial score (nSPS) is 29.9. The third-order valence-electron chi connectivity index (χ3n) is 9.09. The molecule has 8 heteroatoms. The summed E-state index contributed by atoms with van der Waals surface area (Å²) >= 11 is 6.01. The van der Waals surface area contributed by atoms with Gasteiger partial charge in [0.05, 0.1) is 17.9 Å². The maximum absolute atomic E-state index is 14.3. The highest BCUT2D eigenvalue weighted by molar-refractivity contribution is 6.30. The van der Waals surface area contributed by atoms with Crippen molar-refractivity contribution in [3.8, 4) is 0 Å². The van der Waals surface area contributed by atoms with Gasteiger partial charge < -0.3 is 20.3 Å². The zero-order valence-corrected chi connectivity index (χ0v) is 23.5. The van der Waals surface area contributed by atoms with E-state index in [9.17, 15) is 14.4 Å². The molecule has 1 saturated carbocycles. The molecule has 0 aromatic heterocycles. The third kappa shape index (κ3) is 4.83.